The van der Waals surface area contributed by atoms with Crippen molar-refractivity contribution in [2.75, 3.05) is 0 Å². The predicted molar refractivity (Wildman–Crippen MR) is 126 cm³/mol. The van der Waals surface area contributed by atoms with Gasteiger partial charge in [0, 0.05) is 17.0 Å². The molecule has 1 aliphatic rings. The molecule has 0 radical (unpaired) electrons. The van der Waals surface area contributed by atoms with Crippen LogP contribution in [0.2, 0.25) is 10.0 Å². The molecule has 0 saturated carbocycles. The van der Waals surface area contributed by atoms with Gasteiger partial charge < -0.3 is 4.74 Å². The van der Waals surface area contributed by atoms with E-state index in [4.69, 9.17) is 32.8 Å². The number of benzene rings is 3. The molecule has 164 valence electrons. The molecule has 3 aromatic carbocycles. The van der Waals surface area contributed by atoms with Crippen LogP contribution in [0.5, 0.6) is 5.75 Å². The molecule has 0 spiro atoms. The molecular formula is C26H22Cl2O4. The Balaban J connectivity index is 1.34. The van der Waals surface area contributed by atoms with E-state index >= 15 is 0 Å². The fraction of sp³-hybridized carbons (Fsp3) is 0.192. The van der Waals surface area contributed by atoms with Gasteiger partial charge in [-0.3, -0.25) is 4.89 Å². The predicted octanol–water partition coefficient (Wildman–Crippen LogP) is 6.75. The van der Waals surface area contributed by atoms with E-state index in [0.717, 1.165) is 35.3 Å². The van der Waals surface area contributed by atoms with Crippen molar-refractivity contribution >= 4 is 35.2 Å². The van der Waals surface area contributed by atoms with Crippen molar-refractivity contribution in [2.24, 2.45) is 0 Å². The Hall–Kier alpha value is -2.79. The van der Waals surface area contributed by atoms with Crippen LogP contribution in [0.25, 0.3) is 6.08 Å². The highest BCUT2D eigenvalue weighted by Crippen LogP contribution is 2.32. The van der Waals surface area contributed by atoms with E-state index in [0.29, 0.717) is 16.7 Å². The first-order valence-electron chi connectivity index (χ1n) is 10.2. The van der Waals surface area contributed by atoms with Gasteiger partial charge in [0.25, 0.3) is 0 Å². The second-order valence-electron chi connectivity index (χ2n) is 7.73. The fourth-order valence-corrected chi connectivity index (χ4v) is 4.20. The quantitative estimate of drug-likeness (QED) is 0.284. The molecule has 0 atom stereocenters. The number of rotatable bonds is 7. The van der Waals surface area contributed by atoms with Crippen LogP contribution >= 0.6 is 23.2 Å². The number of ether oxygens (including phenoxy) is 1. The van der Waals surface area contributed by atoms with Gasteiger partial charge in [0.05, 0.1) is 0 Å². The van der Waals surface area contributed by atoms with Crippen molar-refractivity contribution in [1.29, 1.82) is 0 Å². The molecule has 0 fully saturated rings. The summed E-state index contributed by atoms with van der Waals surface area (Å²) in [4.78, 5) is 20.1. The summed E-state index contributed by atoms with van der Waals surface area (Å²) in [5.41, 5.74) is 6.88. The molecule has 6 heteroatoms. The summed E-state index contributed by atoms with van der Waals surface area (Å²) in [5.74, 6) is 0.374. The van der Waals surface area contributed by atoms with Gasteiger partial charge in [-0.15, -0.1) is 0 Å². The molecule has 3 aromatic rings. The number of allylic oxidation sites excluding steroid dienone is 1. The van der Waals surface area contributed by atoms with Crippen LogP contribution in [-0.4, -0.2) is 5.97 Å². The van der Waals surface area contributed by atoms with E-state index in [1.807, 2.05) is 42.5 Å². The molecule has 0 saturated heterocycles. The second-order valence-corrected chi connectivity index (χ2v) is 8.60. The van der Waals surface area contributed by atoms with Crippen molar-refractivity contribution in [2.45, 2.75) is 33.0 Å². The minimum atomic E-state index is -0.471. The first kappa shape index (κ1) is 22.4. The van der Waals surface area contributed by atoms with Crippen molar-refractivity contribution < 1.29 is 19.3 Å². The van der Waals surface area contributed by atoms with E-state index in [1.165, 1.54) is 23.6 Å². The Kier molecular flexibility index (Phi) is 7.15. The van der Waals surface area contributed by atoms with Gasteiger partial charge in [-0.2, -0.15) is 4.89 Å². The maximum Gasteiger partial charge on any atom is 0.339 e. The molecular weight excluding hydrogens is 447 g/mol. The lowest BCUT2D eigenvalue weighted by Crippen LogP contribution is -2.01. The summed E-state index contributed by atoms with van der Waals surface area (Å²) in [7, 11) is 0. The van der Waals surface area contributed by atoms with Gasteiger partial charge in [-0.25, -0.2) is 4.79 Å². The summed E-state index contributed by atoms with van der Waals surface area (Å²) < 4.78 is 6.00. The van der Waals surface area contributed by atoms with Crippen LogP contribution in [0.1, 0.15) is 34.7 Å². The average molecular weight is 469 g/mol. The first-order chi connectivity index (χ1) is 15.4. The highest BCUT2D eigenvalue weighted by molar-refractivity contribution is 6.34. The number of hydrogen-bond donors (Lipinski definition) is 0. The molecule has 1 aliphatic carbocycles. The molecule has 0 aromatic heterocycles. The molecule has 0 heterocycles. The smallest absolute Gasteiger partial charge is 0.339 e. The van der Waals surface area contributed by atoms with Gasteiger partial charge in [0.1, 0.15) is 19.0 Å². The Bertz CT molecular complexity index is 1130. The maximum atomic E-state index is 10.7. The molecule has 0 bridgehead atoms. The number of fused-ring (bicyclic) bond motifs is 1. The third-order valence-electron chi connectivity index (χ3n) is 5.10. The Labute approximate surface area is 197 Å². The minimum Gasteiger partial charge on any atom is -0.489 e. The van der Waals surface area contributed by atoms with Gasteiger partial charge in [-0.05, 0) is 71.0 Å². The normalized spacial score (nSPS) is 13.8. The Morgan fingerprint density at radius 1 is 0.875 bits per heavy atom. The third kappa shape index (κ3) is 6.13. The van der Waals surface area contributed by atoms with Crippen molar-refractivity contribution in [3.8, 4) is 5.75 Å². The summed E-state index contributed by atoms with van der Waals surface area (Å²) in [6, 6.07) is 19.6. The molecule has 0 N–H and O–H groups in total. The largest absolute Gasteiger partial charge is 0.489 e. The van der Waals surface area contributed by atoms with Crippen molar-refractivity contribution in [1.82, 2.24) is 0 Å². The first-order valence-corrected chi connectivity index (χ1v) is 11.0. The number of carbonyl (C=O) groups is 1. The summed E-state index contributed by atoms with van der Waals surface area (Å²) in [6.07, 6.45) is 3.95. The number of hydrogen-bond acceptors (Lipinski definition) is 4. The van der Waals surface area contributed by atoms with Crippen LogP contribution in [0, 0.1) is 0 Å². The van der Waals surface area contributed by atoms with Crippen LogP contribution in [0.15, 0.2) is 66.2 Å². The summed E-state index contributed by atoms with van der Waals surface area (Å²) >= 11 is 12.2. The number of halogens is 2. The fourth-order valence-electron chi connectivity index (χ4n) is 3.66. The van der Waals surface area contributed by atoms with Crippen LogP contribution in [0.3, 0.4) is 0 Å². The second kappa shape index (κ2) is 10.2. The molecule has 4 nitrogen and oxygen atoms in total. The molecule has 0 aliphatic heterocycles. The molecule has 4 rings (SSSR count). The monoisotopic (exact) mass is 468 g/mol. The van der Waals surface area contributed by atoms with E-state index < -0.39 is 5.97 Å². The van der Waals surface area contributed by atoms with Gasteiger partial charge in [-0.1, -0.05) is 65.2 Å². The Morgan fingerprint density at radius 3 is 2.22 bits per heavy atom. The van der Waals surface area contributed by atoms with Crippen molar-refractivity contribution in [3.63, 3.8) is 0 Å². The van der Waals surface area contributed by atoms with Gasteiger partial charge in [0.2, 0.25) is 0 Å². The lowest BCUT2D eigenvalue weighted by molar-refractivity contribution is -0.277. The lowest BCUT2D eigenvalue weighted by Gasteiger charge is -2.09. The maximum absolute atomic E-state index is 10.7. The van der Waals surface area contributed by atoms with Gasteiger partial charge in [0.15, 0.2) is 0 Å². The summed E-state index contributed by atoms with van der Waals surface area (Å²) in [6.45, 7) is 1.97. The van der Waals surface area contributed by atoms with E-state index in [2.05, 4.69) is 23.1 Å². The Morgan fingerprint density at radius 2 is 1.53 bits per heavy atom. The van der Waals surface area contributed by atoms with E-state index in [9.17, 15) is 4.79 Å². The standard InChI is InChI=1S/C26H22Cl2O4/c1-17(29)32-31-16-19-4-2-18(3-5-19)15-30-26-7-6-22-9-20(10-23(22)13-26)8-21-11-24(27)14-25(28)12-21/h2-8,11-14H,9-10,15-16H2,1H3/b20-8-. The zero-order chi connectivity index (χ0) is 22.5. The topological polar surface area (TPSA) is 44.8 Å². The zero-order valence-electron chi connectivity index (χ0n) is 17.6. The highest BCUT2D eigenvalue weighted by Gasteiger charge is 2.16. The third-order valence-corrected chi connectivity index (χ3v) is 5.54. The van der Waals surface area contributed by atoms with Crippen LogP contribution in [-0.2, 0) is 40.6 Å². The lowest BCUT2D eigenvalue weighted by atomic mass is 10.1. The SMILES string of the molecule is CC(=O)OOCc1ccc(COc2ccc3c(c2)C/C(=C\c2cc(Cl)cc(Cl)c2)C3)cc1. The molecule has 0 amide bonds. The van der Waals surface area contributed by atoms with Gasteiger partial charge >= 0.3 is 5.97 Å². The zero-order valence-corrected chi connectivity index (χ0v) is 19.1. The van der Waals surface area contributed by atoms with E-state index in [1.54, 1.807) is 6.07 Å². The van der Waals surface area contributed by atoms with Crippen LogP contribution < -0.4 is 4.74 Å². The van der Waals surface area contributed by atoms with Crippen molar-refractivity contribution in [3.05, 3.63) is 104 Å². The summed E-state index contributed by atoms with van der Waals surface area (Å²) in [5, 5.41) is 1.28. The molecule has 0 unspecified atom stereocenters. The highest BCUT2D eigenvalue weighted by atomic mass is 35.5. The van der Waals surface area contributed by atoms with Crippen LogP contribution in [0.4, 0.5) is 0 Å². The minimum absolute atomic E-state index is 0.211. The average Bonchev–Trinajstić information content (AvgIpc) is 3.13. The van der Waals surface area contributed by atoms with E-state index in [-0.39, 0.29) is 6.61 Å². The molecule has 32 heavy (non-hydrogen) atoms. The number of carbonyl (C=O) groups excluding carboxylic acids is 1.